The number of benzene rings is 3. The van der Waals surface area contributed by atoms with Gasteiger partial charge in [0.2, 0.25) is 0 Å². The third-order valence-electron chi connectivity index (χ3n) is 3.47. The van der Waals surface area contributed by atoms with Gasteiger partial charge in [-0.1, -0.05) is 84.1 Å². The quantitative estimate of drug-likeness (QED) is 0.517. The van der Waals surface area contributed by atoms with Crippen molar-refractivity contribution in [1.82, 2.24) is 10.2 Å². The monoisotopic (exact) mass is 288 g/mol. The number of aromatic nitrogens is 2. The van der Waals surface area contributed by atoms with Crippen molar-refractivity contribution < 1.29 is 0 Å². The summed E-state index contributed by atoms with van der Waals surface area (Å²) in [4.78, 5) is 0. The van der Waals surface area contributed by atoms with Crippen LogP contribution in [0.15, 0.2) is 72.8 Å². The summed E-state index contributed by atoms with van der Waals surface area (Å²) in [6.07, 6.45) is 0. The van der Waals surface area contributed by atoms with Crippen molar-refractivity contribution in [2.75, 3.05) is 0 Å². The lowest BCUT2D eigenvalue weighted by atomic mass is 10.1. The van der Waals surface area contributed by atoms with Crippen LogP contribution in [0, 0.1) is 0 Å². The Morgan fingerprint density at radius 2 is 1.33 bits per heavy atom. The van der Waals surface area contributed by atoms with Crippen molar-refractivity contribution in [3.63, 3.8) is 0 Å². The second-order valence-corrected chi connectivity index (χ2v) is 5.78. The van der Waals surface area contributed by atoms with E-state index in [9.17, 15) is 0 Å². The minimum Gasteiger partial charge on any atom is -0.138 e. The average molecular weight is 288 g/mol. The van der Waals surface area contributed by atoms with Crippen LogP contribution in [0.1, 0.15) is 0 Å². The molecular weight excluding hydrogens is 276 g/mol. The van der Waals surface area contributed by atoms with Gasteiger partial charge < -0.3 is 0 Å². The summed E-state index contributed by atoms with van der Waals surface area (Å²) in [5, 5.41) is 13.1. The predicted octanol–water partition coefficient (Wildman–Crippen LogP) is 5.03. The first-order valence-corrected chi connectivity index (χ1v) is 7.60. The molecule has 3 aromatic carbocycles. The number of fused-ring (bicyclic) bond motifs is 1. The zero-order chi connectivity index (χ0) is 14.1. The molecule has 0 atom stereocenters. The van der Waals surface area contributed by atoms with E-state index < -0.39 is 0 Å². The molecule has 1 heterocycles. The van der Waals surface area contributed by atoms with Gasteiger partial charge in [0.1, 0.15) is 10.0 Å². The molecule has 0 bridgehead atoms. The van der Waals surface area contributed by atoms with Crippen LogP contribution in [0.25, 0.3) is 31.9 Å². The SMILES string of the molecule is c1ccc(-c2nnc(-c3cccc4ccccc34)s2)cc1. The molecule has 1 aromatic heterocycles. The summed E-state index contributed by atoms with van der Waals surface area (Å²) in [6.45, 7) is 0. The van der Waals surface area contributed by atoms with Gasteiger partial charge in [0.05, 0.1) is 0 Å². The highest BCUT2D eigenvalue weighted by Gasteiger charge is 2.10. The van der Waals surface area contributed by atoms with Gasteiger partial charge in [-0.25, -0.2) is 0 Å². The summed E-state index contributed by atoms with van der Waals surface area (Å²) in [5.41, 5.74) is 2.26. The molecule has 3 heteroatoms. The number of rotatable bonds is 2. The Bertz CT molecular complexity index is 892. The van der Waals surface area contributed by atoms with Gasteiger partial charge in [0.25, 0.3) is 0 Å². The summed E-state index contributed by atoms with van der Waals surface area (Å²) in [7, 11) is 0. The minimum atomic E-state index is 0.957. The third kappa shape index (κ3) is 2.22. The third-order valence-corrected chi connectivity index (χ3v) is 4.47. The van der Waals surface area contributed by atoms with E-state index in [-0.39, 0.29) is 0 Å². The normalized spacial score (nSPS) is 10.9. The zero-order valence-corrected chi connectivity index (χ0v) is 12.0. The van der Waals surface area contributed by atoms with Crippen LogP contribution in [-0.2, 0) is 0 Å². The Labute approximate surface area is 126 Å². The van der Waals surface area contributed by atoms with Crippen molar-refractivity contribution in [2.45, 2.75) is 0 Å². The van der Waals surface area contributed by atoms with Crippen molar-refractivity contribution in [1.29, 1.82) is 0 Å². The first-order valence-electron chi connectivity index (χ1n) is 6.79. The van der Waals surface area contributed by atoms with E-state index in [1.807, 2.05) is 18.2 Å². The van der Waals surface area contributed by atoms with Gasteiger partial charge in [0, 0.05) is 11.1 Å². The first-order chi connectivity index (χ1) is 10.4. The molecule has 4 rings (SSSR count). The van der Waals surface area contributed by atoms with Gasteiger partial charge in [-0.05, 0) is 10.8 Å². The van der Waals surface area contributed by atoms with E-state index >= 15 is 0 Å². The maximum Gasteiger partial charge on any atom is 0.148 e. The lowest BCUT2D eigenvalue weighted by Gasteiger charge is -2.02. The van der Waals surface area contributed by atoms with Crippen LogP contribution in [0.3, 0.4) is 0 Å². The standard InChI is InChI=1S/C18H12N2S/c1-2-8-14(9-3-1)17-19-20-18(21-17)16-12-6-10-13-7-4-5-11-15(13)16/h1-12H. The minimum absolute atomic E-state index is 0.957. The van der Waals surface area contributed by atoms with Crippen molar-refractivity contribution in [3.8, 4) is 21.1 Å². The van der Waals surface area contributed by atoms with Gasteiger partial charge in [-0.15, -0.1) is 10.2 Å². The van der Waals surface area contributed by atoms with Crippen LogP contribution < -0.4 is 0 Å². The average Bonchev–Trinajstić information content (AvgIpc) is 3.05. The maximum atomic E-state index is 4.38. The van der Waals surface area contributed by atoms with Gasteiger partial charge >= 0.3 is 0 Å². The number of hydrogen-bond donors (Lipinski definition) is 0. The molecule has 0 radical (unpaired) electrons. The van der Waals surface area contributed by atoms with Crippen LogP contribution in [0.4, 0.5) is 0 Å². The fourth-order valence-corrected chi connectivity index (χ4v) is 3.33. The highest BCUT2D eigenvalue weighted by Crippen LogP contribution is 2.33. The molecule has 21 heavy (non-hydrogen) atoms. The fourth-order valence-electron chi connectivity index (χ4n) is 2.44. The fraction of sp³-hybridized carbons (Fsp3) is 0. The first kappa shape index (κ1) is 12.2. The molecule has 0 spiro atoms. The Morgan fingerprint density at radius 3 is 2.24 bits per heavy atom. The summed E-state index contributed by atoms with van der Waals surface area (Å²) in [6, 6.07) is 24.9. The summed E-state index contributed by atoms with van der Waals surface area (Å²) in [5.74, 6) is 0. The van der Waals surface area contributed by atoms with Crippen LogP contribution in [0.5, 0.6) is 0 Å². The van der Waals surface area contributed by atoms with Crippen molar-refractivity contribution in [2.24, 2.45) is 0 Å². The van der Waals surface area contributed by atoms with E-state index in [1.54, 1.807) is 11.3 Å². The molecule has 0 saturated carbocycles. The molecule has 0 fully saturated rings. The number of nitrogens with zero attached hydrogens (tertiary/aromatic N) is 2. The largest absolute Gasteiger partial charge is 0.148 e. The molecule has 0 aliphatic rings. The Hall–Kier alpha value is -2.52. The second-order valence-electron chi connectivity index (χ2n) is 4.81. The predicted molar refractivity (Wildman–Crippen MR) is 88.3 cm³/mol. The zero-order valence-electron chi connectivity index (χ0n) is 11.2. The molecule has 0 N–H and O–H groups in total. The Balaban J connectivity index is 1.85. The lowest BCUT2D eigenvalue weighted by Crippen LogP contribution is -1.80. The lowest BCUT2D eigenvalue weighted by molar-refractivity contribution is 1.10. The smallest absolute Gasteiger partial charge is 0.138 e. The molecular formula is C18H12N2S. The van der Waals surface area contributed by atoms with E-state index in [0.29, 0.717) is 0 Å². The van der Waals surface area contributed by atoms with Crippen molar-refractivity contribution >= 4 is 22.1 Å². The molecule has 0 aliphatic carbocycles. The van der Waals surface area contributed by atoms with E-state index in [4.69, 9.17) is 0 Å². The topological polar surface area (TPSA) is 25.8 Å². The Kier molecular flexibility index (Phi) is 2.98. The second kappa shape index (κ2) is 5.11. The van der Waals surface area contributed by atoms with Crippen LogP contribution in [0.2, 0.25) is 0 Å². The molecule has 0 amide bonds. The van der Waals surface area contributed by atoms with E-state index in [2.05, 4.69) is 64.8 Å². The van der Waals surface area contributed by atoms with Gasteiger partial charge in [-0.3, -0.25) is 0 Å². The van der Waals surface area contributed by atoms with E-state index in [0.717, 1.165) is 21.1 Å². The summed E-state index contributed by atoms with van der Waals surface area (Å²) >= 11 is 1.63. The molecule has 0 unspecified atom stereocenters. The van der Waals surface area contributed by atoms with Crippen molar-refractivity contribution in [3.05, 3.63) is 72.8 Å². The van der Waals surface area contributed by atoms with Gasteiger partial charge in [0.15, 0.2) is 0 Å². The van der Waals surface area contributed by atoms with Crippen LogP contribution >= 0.6 is 11.3 Å². The summed E-state index contributed by atoms with van der Waals surface area (Å²) < 4.78 is 0. The molecule has 0 saturated heterocycles. The highest BCUT2D eigenvalue weighted by atomic mass is 32.1. The maximum absolute atomic E-state index is 4.38. The van der Waals surface area contributed by atoms with Gasteiger partial charge in [-0.2, -0.15) is 0 Å². The Morgan fingerprint density at radius 1 is 0.619 bits per heavy atom. The molecule has 100 valence electrons. The number of hydrogen-bond acceptors (Lipinski definition) is 3. The van der Waals surface area contributed by atoms with E-state index in [1.165, 1.54) is 10.8 Å². The molecule has 4 aromatic rings. The molecule has 2 nitrogen and oxygen atoms in total. The van der Waals surface area contributed by atoms with Crippen LogP contribution in [-0.4, -0.2) is 10.2 Å². The highest BCUT2D eigenvalue weighted by molar-refractivity contribution is 7.18. The molecule has 0 aliphatic heterocycles.